The molecule has 6 nitrogen and oxygen atoms in total. The summed E-state index contributed by atoms with van der Waals surface area (Å²) in [5, 5.41) is 6.00. The van der Waals surface area contributed by atoms with Gasteiger partial charge in [-0.2, -0.15) is 0 Å². The summed E-state index contributed by atoms with van der Waals surface area (Å²) in [7, 11) is 0. The van der Waals surface area contributed by atoms with E-state index in [9.17, 15) is 14.4 Å². The van der Waals surface area contributed by atoms with Gasteiger partial charge in [0.2, 0.25) is 11.8 Å². The van der Waals surface area contributed by atoms with Crippen molar-refractivity contribution in [2.45, 2.75) is 33.6 Å². The summed E-state index contributed by atoms with van der Waals surface area (Å²) < 4.78 is 0. The molecule has 1 heterocycles. The molecule has 1 saturated heterocycles. The lowest BCUT2D eigenvalue weighted by Crippen LogP contribution is -2.44. The van der Waals surface area contributed by atoms with Crippen LogP contribution in [-0.4, -0.2) is 48.7 Å². The fraction of sp³-hybridized carbons (Fsp3) is 0.400. The third-order valence-electron chi connectivity index (χ3n) is 5.96. The van der Waals surface area contributed by atoms with Gasteiger partial charge in [0.15, 0.2) is 5.78 Å². The second-order valence-electron chi connectivity index (χ2n) is 8.47. The molecule has 0 spiro atoms. The Labute approximate surface area is 194 Å². The first-order valence-corrected chi connectivity index (χ1v) is 11.3. The standard InChI is InChI=1S/C25H30ClN3O3/c1-16-7-8-20(17(2)13-16)25(32)19-9-11-29(12-10-19)15-24(31)27-14-23(30)28-22-6-4-5-21(26)18(22)3/h4-8,13,19H,9-12,14-15H2,1-3H3,(H,27,31)(H,28,30). The van der Waals surface area contributed by atoms with Gasteiger partial charge in [0.1, 0.15) is 0 Å². The highest BCUT2D eigenvalue weighted by Crippen LogP contribution is 2.24. The molecule has 170 valence electrons. The zero-order valence-corrected chi connectivity index (χ0v) is 19.6. The van der Waals surface area contributed by atoms with Crippen molar-refractivity contribution in [3.63, 3.8) is 0 Å². The number of hydrogen-bond donors (Lipinski definition) is 2. The molecule has 0 aliphatic carbocycles. The van der Waals surface area contributed by atoms with Crippen molar-refractivity contribution in [2.24, 2.45) is 5.92 Å². The molecule has 2 N–H and O–H groups in total. The van der Waals surface area contributed by atoms with Crippen LogP contribution in [0, 0.1) is 26.7 Å². The lowest BCUT2D eigenvalue weighted by atomic mass is 9.87. The van der Waals surface area contributed by atoms with E-state index in [2.05, 4.69) is 10.6 Å². The topological polar surface area (TPSA) is 78.5 Å². The third kappa shape index (κ3) is 6.17. The first kappa shape index (κ1) is 24.0. The number of piperidine rings is 1. The number of aryl methyl sites for hydroxylation is 2. The largest absolute Gasteiger partial charge is 0.346 e. The molecule has 0 radical (unpaired) electrons. The minimum Gasteiger partial charge on any atom is -0.346 e. The van der Waals surface area contributed by atoms with Gasteiger partial charge in [0.05, 0.1) is 13.1 Å². The number of anilines is 1. The monoisotopic (exact) mass is 455 g/mol. The minimum absolute atomic E-state index is 0.0116. The van der Waals surface area contributed by atoms with Crippen LogP contribution in [0.3, 0.4) is 0 Å². The van der Waals surface area contributed by atoms with Crippen molar-refractivity contribution in [3.8, 4) is 0 Å². The van der Waals surface area contributed by atoms with Crippen LogP contribution in [0.15, 0.2) is 36.4 Å². The number of amides is 2. The van der Waals surface area contributed by atoms with Crippen molar-refractivity contribution in [1.82, 2.24) is 10.2 Å². The van der Waals surface area contributed by atoms with Gasteiger partial charge in [-0.1, -0.05) is 41.4 Å². The Hall–Kier alpha value is -2.70. The number of benzene rings is 2. The number of carbonyl (C=O) groups excluding carboxylic acids is 3. The van der Waals surface area contributed by atoms with Crippen LogP contribution in [0.25, 0.3) is 0 Å². The van der Waals surface area contributed by atoms with Crippen LogP contribution >= 0.6 is 11.6 Å². The average Bonchev–Trinajstić information content (AvgIpc) is 2.76. The summed E-state index contributed by atoms with van der Waals surface area (Å²) >= 11 is 6.06. The van der Waals surface area contributed by atoms with E-state index in [1.807, 2.05) is 43.9 Å². The Morgan fingerprint density at radius 1 is 1.03 bits per heavy atom. The number of hydrogen-bond acceptors (Lipinski definition) is 4. The van der Waals surface area contributed by atoms with E-state index in [1.54, 1.807) is 18.2 Å². The molecule has 7 heteroatoms. The molecule has 2 aromatic carbocycles. The third-order valence-corrected chi connectivity index (χ3v) is 6.37. The maximum absolute atomic E-state index is 12.9. The highest BCUT2D eigenvalue weighted by Gasteiger charge is 2.27. The molecule has 0 saturated carbocycles. The summed E-state index contributed by atoms with van der Waals surface area (Å²) in [6.07, 6.45) is 1.46. The Morgan fingerprint density at radius 2 is 1.75 bits per heavy atom. The van der Waals surface area contributed by atoms with Crippen molar-refractivity contribution < 1.29 is 14.4 Å². The van der Waals surface area contributed by atoms with E-state index in [4.69, 9.17) is 11.6 Å². The van der Waals surface area contributed by atoms with Gasteiger partial charge in [-0.3, -0.25) is 19.3 Å². The van der Waals surface area contributed by atoms with Crippen LogP contribution in [0.5, 0.6) is 0 Å². The highest BCUT2D eigenvalue weighted by atomic mass is 35.5. The second-order valence-corrected chi connectivity index (χ2v) is 8.88. The lowest BCUT2D eigenvalue weighted by molar-refractivity contribution is -0.125. The Balaban J connectivity index is 1.42. The van der Waals surface area contributed by atoms with Crippen molar-refractivity contribution in [1.29, 1.82) is 0 Å². The molecule has 0 bridgehead atoms. The zero-order valence-electron chi connectivity index (χ0n) is 18.8. The summed E-state index contributed by atoms with van der Waals surface area (Å²) in [5.74, 6) is -0.328. The smallest absolute Gasteiger partial charge is 0.243 e. The van der Waals surface area contributed by atoms with E-state index >= 15 is 0 Å². The molecule has 0 aromatic heterocycles. The maximum atomic E-state index is 12.9. The van der Waals surface area contributed by atoms with Gasteiger partial charge in [0.25, 0.3) is 0 Å². The molecular formula is C25H30ClN3O3. The Morgan fingerprint density at radius 3 is 2.44 bits per heavy atom. The number of nitrogens with one attached hydrogen (secondary N) is 2. The lowest BCUT2D eigenvalue weighted by Gasteiger charge is -2.31. The molecular weight excluding hydrogens is 426 g/mol. The Kier molecular flexibility index (Phi) is 8.04. The highest BCUT2D eigenvalue weighted by molar-refractivity contribution is 6.31. The molecule has 1 fully saturated rings. The quantitative estimate of drug-likeness (QED) is 0.620. The molecule has 3 rings (SSSR count). The van der Waals surface area contributed by atoms with E-state index in [0.29, 0.717) is 23.8 Å². The first-order chi connectivity index (χ1) is 15.2. The first-order valence-electron chi connectivity index (χ1n) is 10.9. The number of likely N-dealkylation sites (tertiary alicyclic amines) is 1. The summed E-state index contributed by atoms with van der Waals surface area (Å²) in [4.78, 5) is 39.3. The predicted molar refractivity (Wildman–Crippen MR) is 127 cm³/mol. The number of rotatable bonds is 7. The van der Waals surface area contributed by atoms with E-state index in [0.717, 1.165) is 35.1 Å². The fourth-order valence-electron chi connectivity index (χ4n) is 4.04. The molecule has 1 aliphatic heterocycles. The van der Waals surface area contributed by atoms with E-state index in [1.165, 1.54) is 0 Å². The molecule has 2 aromatic rings. The molecule has 0 atom stereocenters. The van der Waals surface area contributed by atoms with E-state index in [-0.39, 0.29) is 36.6 Å². The molecule has 32 heavy (non-hydrogen) atoms. The molecule has 1 aliphatic rings. The predicted octanol–water partition coefficient (Wildman–Crippen LogP) is 3.91. The fourth-order valence-corrected chi connectivity index (χ4v) is 4.21. The number of nitrogens with zero attached hydrogens (tertiary/aromatic N) is 1. The van der Waals surface area contributed by atoms with Gasteiger partial charge in [-0.05, 0) is 70.0 Å². The van der Waals surface area contributed by atoms with Gasteiger partial charge in [-0.15, -0.1) is 0 Å². The molecule has 2 amide bonds. The normalized spacial score (nSPS) is 14.8. The number of Topliss-reactive ketones (excluding diaryl/α,β-unsaturated/α-hetero) is 1. The average molecular weight is 456 g/mol. The van der Waals surface area contributed by atoms with Crippen molar-refractivity contribution in [2.75, 3.05) is 31.5 Å². The van der Waals surface area contributed by atoms with Crippen LogP contribution in [-0.2, 0) is 9.59 Å². The van der Waals surface area contributed by atoms with Gasteiger partial charge in [0, 0.05) is 22.2 Å². The van der Waals surface area contributed by atoms with E-state index < -0.39 is 0 Å². The number of ketones is 1. The molecule has 0 unspecified atom stereocenters. The SMILES string of the molecule is Cc1ccc(C(=O)C2CCN(CC(=O)NCC(=O)Nc3cccc(Cl)c3C)CC2)c(C)c1. The summed E-state index contributed by atoms with van der Waals surface area (Å²) in [5.41, 5.74) is 4.38. The van der Waals surface area contributed by atoms with Gasteiger partial charge in [-0.25, -0.2) is 0 Å². The van der Waals surface area contributed by atoms with Crippen molar-refractivity contribution >= 4 is 34.9 Å². The summed E-state index contributed by atoms with van der Waals surface area (Å²) in [6, 6.07) is 11.2. The number of halogens is 1. The Bertz CT molecular complexity index is 1010. The van der Waals surface area contributed by atoms with Crippen LogP contribution in [0.2, 0.25) is 5.02 Å². The van der Waals surface area contributed by atoms with Gasteiger partial charge < -0.3 is 10.6 Å². The zero-order chi connectivity index (χ0) is 23.3. The van der Waals surface area contributed by atoms with Crippen LogP contribution < -0.4 is 10.6 Å². The number of carbonyl (C=O) groups is 3. The summed E-state index contributed by atoms with van der Waals surface area (Å²) in [6.45, 7) is 7.30. The van der Waals surface area contributed by atoms with Crippen LogP contribution in [0.4, 0.5) is 5.69 Å². The van der Waals surface area contributed by atoms with Crippen LogP contribution in [0.1, 0.15) is 39.9 Å². The van der Waals surface area contributed by atoms with Gasteiger partial charge >= 0.3 is 0 Å². The maximum Gasteiger partial charge on any atom is 0.243 e. The van der Waals surface area contributed by atoms with Crippen molar-refractivity contribution in [3.05, 3.63) is 63.7 Å². The second kappa shape index (κ2) is 10.7. The minimum atomic E-state index is -0.304.